The van der Waals surface area contributed by atoms with Gasteiger partial charge in [0.1, 0.15) is 5.82 Å². The number of nitrogens with zero attached hydrogens (tertiary/aromatic N) is 2. The van der Waals surface area contributed by atoms with Gasteiger partial charge in [-0.1, -0.05) is 12.8 Å². The molecule has 3 rings (SSSR count). The fourth-order valence-corrected chi connectivity index (χ4v) is 4.35. The van der Waals surface area contributed by atoms with Crippen LogP contribution >= 0.6 is 43.2 Å². The van der Waals surface area contributed by atoms with E-state index in [-0.39, 0.29) is 0 Å². The van der Waals surface area contributed by atoms with Crippen LogP contribution in [-0.4, -0.2) is 9.97 Å². The summed E-state index contributed by atoms with van der Waals surface area (Å²) in [7, 11) is 0. The summed E-state index contributed by atoms with van der Waals surface area (Å²) in [4.78, 5) is 10.2. The van der Waals surface area contributed by atoms with E-state index in [1.54, 1.807) is 11.3 Å². The van der Waals surface area contributed by atoms with Crippen molar-refractivity contribution in [3.8, 4) is 10.7 Å². The maximum absolute atomic E-state index is 6.03. The van der Waals surface area contributed by atoms with Gasteiger partial charge in [-0.3, -0.25) is 0 Å². The molecule has 2 aromatic heterocycles. The molecule has 2 N–H and O–H groups in total. The number of nitrogen functional groups attached to an aromatic ring is 1. The average molecular weight is 403 g/mol. The van der Waals surface area contributed by atoms with Gasteiger partial charge in [0.2, 0.25) is 0 Å². The van der Waals surface area contributed by atoms with Gasteiger partial charge < -0.3 is 5.73 Å². The molecule has 1 fully saturated rings. The monoisotopic (exact) mass is 401 g/mol. The van der Waals surface area contributed by atoms with Crippen LogP contribution < -0.4 is 5.73 Å². The molecule has 1 aliphatic carbocycles. The zero-order valence-electron chi connectivity index (χ0n) is 10.2. The SMILES string of the molecule is Nc1nc(-c2cc(Br)cs2)nc(C2CCCC2)c1Br. The molecule has 100 valence electrons. The lowest BCUT2D eigenvalue weighted by Gasteiger charge is -2.13. The second-order valence-electron chi connectivity index (χ2n) is 4.74. The zero-order chi connectivity index (χ0) is 13.4. The molecular weight excluding hydrogens is 390 g/mol. The number of thiophene rings is 1. The number of aromatic nitrogens is 2. The summed E-state index contributed by atoms with van der Waals surface area (Å²) < 4.78 is 1.93. The molecule has 19 heavy (non-hydrogen) atoms. The number of anilines is 1. The van der Waals surface area contributed by atoms with E-state index >= 15 is 0 Å². The van der Waals surface area contributed by atoms with Crippen molar-refractivity contribution in [1.82, 2.24) is 9.97 Å². The van der Waals surface area contributed by atoms with Gasteiger partial charge in [-0.15, -0.1) is 11.3 Å². The van der Waals surface area contributed by atoms with E-state index in [2.05, 4.69) is 36.8 Å². The molecule has 0 amide bonds. The highest BCUT2D eigenvalue weighted by molar-refractivity contribution is 9.11. The third-order valence-corrected chi connectivity index (χ3v) is 5.93. The first-order valence-electron chi connectivity index (χ1n) is 6.22. The topological polar surface area (TPSA) is 51.8 Å². The summed E-state index contributed by atoms with van der Waals surface area (Å²) in [5.74, 6) is 1.79. The Morgan fingerprint density at radius 3 is 2.58 bits per heavy atom. The normalized spacial score (nSPS) is 16.1. The van der Waals surface area contributed by atoms with Gasteiger partial charge in [0.05, 0.1) is 15.0 Å². The van der Waals surface area contributed by atoms with Crippen molar-refractivity contribution in [1.29, 1.82) is 0 Å². The molecule has 2 aromatic rings. The number of nitrogens with two attached hydrogens (primary N) is 1. The molecular formula is C13H13Br2N3S. The Morgan fingerprint density at radius 1 is 1.21 bits per heavy atom. The van der Waals surface area contributed by atoms with E-state index in [9.17, 15) is 0 Å². The van der Waals surface area contributed by atoms with Gasteiger partial charge in [-0.05, 0) is 50.8 Å². The highest BCUT2D eigenvalue weighted by Crippen LogP contribution is 2.39. The van der Waals surface area contributed by atoms with Gasteiger partial charge >= 0.3 is 0 Å². The van der Waals surface area contributed by atoms with Crippen LogP contribution in [0.4, 0.5) is 5.82 Å². The fourth-order valence-electron chi connectivity index (χ4n) is 2.49. The van der Waals surface area contributed by atoms with Crippen molar-refractivity contribution < 1.29 is 0 Å². The highest BCUT2D eigenvalue weighted by Gasteiger charge is 2.23. The van der Waals surface area contributed by atoms with Gasteiger partial charge in [0.15, 0.2) is 5.82 Å². The van der Waals surface area contributed by atoms with E-state index in [4.69, 9.17) is 10.7 Å². The Labute approximate surface area is 132 Å². The number of hydrogen-bond donors (Lipinski definition) is 1. The smallest absolute Gasteiger partial charge is 0.171 e. The van der Waals surface area contributed by atoms with Gasteiger partial charge in [-0.2, -0.15) is 0 Å². The highest BCUT2D eigenvalue weighted by atomic mass is 79.9. The fraction of sp³-hybridized carbons (Fsp3) is 0.385. The number of halogens is 2. The van der Waals surface area contributed by atoms with Gasteiger partial charge in [0.25, 0.3) is 0 Å². The summed E-state index contributed by atoms with van der Waals surface area (Å²) in [6, 6.07) is 2.03. The Kier molecular flexibility index (Phi) is 3.91. The minimum atomic E-state index is 0.516. The van der Waals surface area contributed by atoms with E-state index in [0.29, 0.717) is 11.7 Å². The van der Waals surface area contributed by atoms with Crippen molar-refractivity contribution >= 4 is 49.0 Å². The van der Waals surface area contributed by atoms with E-state index in [1.807, 2.05) is 11.4 Å². The van der Waals surface area contributed by atoms with Crippen molar-refractivity contribution in [2.24, 2.45) is 0 Å². The molecule has 3 nitrogen and oxygen atoms in total. The molecule has 1 aliphatic rings. The summed E-state index contributed by atoms with van der Waals surface area (Å²) in [5, 5.41) is 2.03. The number of hydrogen-bond acceptors (Lipinski definition) is 4. The Bertz CT molecular complexity index is 606. The first kappa shape index (κ1) is 13.5. The minimum Gasteiger partial charge on any atom is -0.383 e. The molecule has 0 spiro atoms. The Morgan fingerprint density at radius 2 is 1.95 bits per heavy atom. The second kappa shape index (κ2) is 5.50. The first-order chi connectivity index (χ1) is 9.15. The molecule has 0 bridgehead atoms. The van der Waals surface area contributed by atoms with E-state index in [0.717, 1.165) is 25.3 Å². The Hall–Kier alpha value is -0.460. The molecule has 0 aromatic carbocycles. The van der Waals surface area contributed by atoms with Crippen molar-refractivity contribution in [3.63, 3.8) is 0 Å². The number of rotatable bonds is 2. The summed E-state index contributed by atoms with van der Waals surface area (Å²) in [5.41, 5.74) is 7.10. The first-order valence-corrected chi connectivity index (χ1v) is 8.69. The van der Waals surface area contributed by atoms with Crippen LogP contribution in [0, 0.1) is 0 Å². The van der Waals surface area contributed by atoms with Crippen LogP contribution in [0.25, 0.3) is 10.7 Å². The predicted molar refractivity (Wildman–Crippen MR) is 86.4 cm³/mol. The zero-order valence-corrected chi connectivity index (χ0v) is 14.2. The molecule has 1 saturated carbocycles. The van der Waals surface area contributed by atoms with Gasteiger partial charge in [0, 0.05) is 15.8 Å². The van der Waals surface area contributed by atoms with Crippen molar-refractivity contribution in [3.05, 3.63) is 26.1 Å². The maximum Gasteiger partial charge on any atom is 0.171 e. The van der Waals surface area contributed by atoms with Crippen LogP contribution in [0.2, 0.25) is 0 Å². The molecule has 0 aliphatic heterocycles. The predicted octanol–water partition coefficient (Wildman–Crippen LogP) is 4.97. The molecule has 6 heteroatoms. The van der Waals surface area contributed by atoms with Crippen molar-refractivity contribution in [2.45, 2.75) is 31.6 Å². The van der Waals surface area contributed by atoms with Crippen LogP contribution in [-0.2, 0) is 0 Å². The average Bonchev–Trinajstić information content (AvgIpc) is 3.03. The van der Waals surface area contributed by atoms with Crippen molar-refractivity contribution in [2.75, 3.05) is 5.73 Å². The lowest BCUT2D eigenvalue weighted by atomic mass is 10.0. The van der Waals surface area contributed by atoms with Crippen LogP contribution in [0.5, 0.6) is 0 Å². The van der Waals surface area contributed by atoms with E-state index in [1.165, 1.54) is 25.7 Å². The molecule has 0 unspecified atom stereocenters. The summed E-state index contributed by atoms with van der Waals surface area (Å²) in [6.45, 7) is 0. The third kappa shape index (κ3) is 2.71. The van der Waals surface area contributed by atoms with Crippen LogP contribution in [0.15, 0.2) is 20.4 Å². The molecule has 0 saturated heterocycles. The lowest BCUT2D eigenvalue weighted by Crippen LogP contribution is -2.05. The third-order valence-electron chi connectivity index (χ3n) is 3.43. The van der Waals surface area contributed by atoms with Crippen LogP contribution in [0.3, 0.4) is 0 Å². The Balaban J connectivity index is 2.06. The van der Waals surface area contributed by atoms with Gasteiger partial charge in [-0.25, -0.2) is 9.97 Å². The minimum absolute atomic E-state index is 0.516. The lowest BCUT2D eigenvalue weighted by molar-refractivity contribution is 0.692. The largest absolute Gasteiger partial charge is 0.383 e. The molecule has 0 atom stereocenters. The summed E-state index contributed by atoms with van der Waals surface area (Å²) >= 11 is 8.63. The molecule has 2 heterocycles. The molecule has 0 radical (unpaired) electrons. The summed E-state index contributed by atoms with van der Waals surface area (Å²) in [6.07, 6.45) is 4.95. The second-order valence-corrected chi connectivity index (χ2v) is 7.36. The quantitative estimate of drug-likeness (QED) is 0.771. The van der Waals surface area contributed by atoms with E-state index < -0.39 is 0 Å². The standard InChI is InChI=1S/C13H13Br2N3S/c14-8-5-9(19-6-8)13-17-11(7-3-1-2-4-7)10(15)12(16)18-13/h5-7H,1-4H2,(H2,16,17,18). The maximum atomic E-state index is 6.03. The van der Waals surface area contributed by atoms with Crippen LogP contribution in [0.1, 0.15) is 37.3 Å².